The molecule has 0 heterocycles. The van der Waals surface area contributed by atoms with E-state index in [9.17, 15) is 15.3 Å². The Kier molecular flexibility index (Phi) is 7.66. The minimum absolute atomic E-state index is 0.334. The molecular weight excluding hydrogens is 405 g/mol. The van der Waals surface area contributed by atoms with Crippen LogP contribution in [0.3, 0.4) is 0 Å². The van der Waals surface area contributed by atoms with E-state index in [-0.39, 0.29) is 0 Å². The predicted molar refractivity (Wildman–Crippen MR) is 147 cm³/mol. The topological polar surface area (TPSA) is 60.7 Å². The predicted octanol–water partition coefficient (Wildman–Crippen LogP) is 2.66. The molecule has 0 spiro atoms. The van der Waals surface area contributed by atoms with Crippen molar-refractivity contribution in [2.24, 2.45) is 23.2 Å². The molecule has 6 atom stereocenters. The first-order chi connectivity index (χ1) is 15.1. The van der Waals surface area contributed by atoms with E-state index in [4.69, 9.17) is 0 Å². The van der Waals surface area contributed by atoms with Gasteiger partial charge < -0.3 is 15.3 Å². The summed E-state index contributed by atoms with van der Waals surface area (Å²) in [5.41, 5.74) is 2.11. The Bertz CT molecular complexity index is 808. The Morgan fingerprint density at radius 1 is 1.21 bits per heavy atom. The van der Waals surface area contributed by atoms with Crippen LogP contribution in [0.5, 0.6) is 0 Å². The molecule has 0 saturated heterocycles. The van der Waals surface area contributed by atoms with Crippen LogP contribution in [0.25, 0.3) is 0 Å². The third-order valence-corrected chi connectivity index (χ3v) is 10.00. The molecule has 3 rings (SSSR count). The van der Waals surface area contributed by atoms with E-state index in [1.165, 1.54) is 32.1 Å². The molecule has 3 aliphatic carbocycles. The second-order valence-electron chi connectivity index (χ2n) is 13.2. The molecule has 3 fully saturated rings. The van der Waals surface area contributed by atoms with Crippen molar-refractivity contribution in [1.29, 1.82) is 0 Å². The van der Waals surface area contributed by atoms with Gasteiger partial charge in [0.1, 0.15) is 23.5 Å². The summed E-state index contributed by atoms with van der Waals surface area (Å²) in [7, 11) is 5.98. The average molecular weight is 452 g/mol. The first-order valence-corrected chi connectivity index (χ1v) is 13.3. The van der Waals surface area contributed by atoms with Gasteiger partial charge in [-0.1, -0.05) is 56.6 Å². The van der Waals surface area contributed by atoms with Gasteiger partial charge in [0.05, 0.1) is 11.7 Å². The molecule has 6 heteroatoms. The van der Waals surface area contributed by atoms with Gasteiger partial charge in [0.2, 0.25) is 0 Å². The number of fused-ring (bicyclic) bond motifs is 1. The average Bonchev–Trinajstić information content (AvgIpc) is 3.03. The molecule has 3 nitrogen and oxygen atoms in total. The van der Waals surface area contributed by atoms with Crippen LogP contribution < -0.4 is 0 Å². The molecule has 3 saturated carbocycles. The lowest BCUT2D eigenvalue weighted by molar-refractivity contribution is 0.0449. The number of aliphatic hydroxyl groups excluding tert-OH is 1. The maximum atomic E-state index is 11.0. The van der Waals surface area contributed by atoms with Crippen molar-refractivity contribution in [3.8, 4) is 0 Å². The SMILES string of the molecule is BC1(B)/C(=C/C=C2\CCC[C@]3(C)[C@@H]([C@H](C)CCCC(C)(C)O)CC[C@@H]23)C(=C)[C@@H](O)C[C@]1(B)O. The maximum absolute atomic E-state index is 11.0. The minimum Gasteiger partial charge on any atom is -0.399 e. The van der Waals surface area contributed by atoms with E-state index in [0.717, 1.165) is 36.3 Å². The molecule has 0 amide bonds. The standard InChI is InChI=1S/C27H47B3O3/c1-17(8-6-14-24(3,4)32)20-12-13-22-19(9-7-15-25(20,22)5)10-11-21-18(2)23(31)16-26(28,33)27(21,29)30/h10-11,17,20,22-23,31-33H,2,6-9,12-16,28-30H2,1,3-5H3/b19-10+,21-11+/t17-,20-,22+,23+,25-,26+/m1/s1. The summed E-state index contributed by atoms with van der Waals surface area (Å²) in [6, 6.07) is 0. The van der Waals surface area contributed by atoms with Gasteiger partial charge in [-0.2, -0.15) is 0 Å². The van der Waals surface area contributed by atoms with Crippen LogP contribution in [0.2, 0.25) is 5.21 Å². The molecule has 0 unspecified atom stereocenters. The summed E-state index contributed by atoms with van der Waals surface area (Å²) in [4.78, 5) is 0. The molecule has 0 aromatic heterocycles. The summed E-state index contributed by atoms with van der Waals surface area (Å²) in [6.45, 7) is 13.0. The lowest BCUT2D eigenvalue weighted by Gasteiger charge is -2.49. The Hall–Kier alpha value is -0.705. The zero-order valence-corrected chi connectivity index (χ0v) is 22.4. The first-order valence-electron chi connectivity index (χ1n) is 13.3. The Balaban J connectivity index is 1.80. The molecule has 3 aliphatic rings. The fourth-order valence-corrected chi connectivity index (χ4v) is 7.40. The van der Waals surface area contributed by atoms with Crippen LogP contribution in [0.1, 0.15) is 85.5 Å². The third kappa shape index (κ3) is 5.28. The highest BCUT2D eigenvalue weighted by Crippen LogP contribution is 2.60. The lowest BCUT2D eigenvalue weighted by atomic mass is 9.34. The Labute approximate surface area is 205 Å². The van der Waals surface area contributed by atoms with Gasteiger partial charge in [-0.15, -0.1) is 0 Å². The lowest BCUT2D eigenvalue weighted by Crippen LogP contribution is -2.52. The summed E-state index contributed by atoms with van der Waals surface area (Å²) in [6.07, 6.45) is 13.5. The molecule has 0 radical (unpaired) electrons. The second-order valence-corrected chi connectivity index (χ2v) is 13.2. The van der Waals surface area contributed by atoms with Crippen LogP contribution in [0.4, 0.5) is 0 Å². The largest absolute Gasteiger partial charge is 0.399 e. The third-order valence-electron chi connectivity index (χ3n) is 10.00. The van der Waals surface area contributed by atoms with Gasteiger partial charge in [0.25, 0.3) is 0 Å². The van der Waals surface area contributed by atoms with Crippen molar-refractivity contribution >= 4 is 23.5 Å². The fourth-order valence-electron chi connectivity index (χ4n) is 7.40. The highest BCUT2D eigenvalue weighted by atomic mass is 16.3. The first kappa shape index (κ1) is 26.9. The van der Waals surface area contributed by atoms with Crippen LogP contribution in [0.15, 0.2) is 35.5 Å². The van der Waals surface area contributed by atoms with Crippen molar-refractivity contribution in [2.45, 2.75) is 108 Å². The molecular formula is C27H47B3O3. The number of aliphatic hydroxyl groups is 3. The number of rotatable bonds is 6. The van der Waals surface area contributed by atoms with E-state index in [1.807, 2.05) is 21.7 Å². The molecule has 0 aromatic carbocycles. The van der Waals surface area contributed by atoms with Gasteiger partial charge in [0, 0.05) is 5.50 Å². The van der Waals surface area contributed by atoms with Crippen molar-refractivity contribution in [3.05, 3.63) is 35.5 Å². The fraction of sp³-hybridized carbons (Fsp3) is 0.778. The van der Waals surface area contributed by atoms with Crippen LogP contribution in [-0.2, 0) is 0 Å². The number of hydrogen-bond acceptors (Lipinski definition) is 3. The summed E-state index contributed by atoms with van der Waals surface area (Å²) < 4.78 is 0. The smallest absolute Gasteiger partial charge is 0.142 e. The van der Waals surface area contributed by atoms with Crippen LogP contribution in [-0.4, -0.2) is 56.1 Å². The highest BCUT2D eigenvalue weighted by Gasteiger charge is 2.51. The second kappa shape index (κ2) is 9.39. The summed E-state index contributed by atoms with van der Waals surface area (Å²) in [5, 5.41) is 31.2. The normalized spacial score (nSPS) is 40.2. The van der Waals surface area contributed by atoms with E-state index in [2.05, 4.69) is 48.3 Å². The van der Waals surface area contributed by atoms with E-state index < -0.39 is 22.4 Å². The molecule has 0 aliphatic heterocycles. The quantitative estimate of drug-likeness (QED) is 0.544. The number of allylic oxidation sites excluding steroid dienone is 3. The summed E-state index contributed by atoms with van der Waals surface area (Å²) in [5.74, 6) is 2.04. The van der Waals surface area contributed by atoms with Crippen LogP contribution in [0, 0.1) is 23.2 Å². The molecule has 0 bridgehead atoms. The van der Waals surface area contributed by atoms with E-state index in [0.29, 0.717) is 23.7 Å². The van der Waals surface area contributed by atoms with Crippen molar-refractivity contribution in [2.75, 3.05) is 0 Å². The number of hydrogen-bond donors (Lipinski definition) is 3. The van der Waals surface area contributed by atoms with Gasteiger partial charge in [-0.25, -0.2) is 0 Å². The van der Waals surface area contributed by atoms with Gasteiger partial charge >= 0.3 is 0 Å². The van der Waals surface area contributed by atoms with Crippen molar-refractivity contribution < 1.29 is 15.3 Å². The Morgan fingerprint density at radius 3 is 2.52 bits per heavy atom. The maximum Gasteiger partial charge on any atom is 0.142 e. The van der Waals surface area contributed by atoms with E-state index >= 15 is 0 Å². The molecule has 182 valence electrons. The van der Waals surface area contributed by atoms with Crippen molar-refractivity contribution in [1.82, 2.24) is 0 Å². The molecule has 33 heavy (non-hydrogen) atoms. The van der Waals surface area contributed by atoms with Gasteiger partial charge in [0.15, 0.2) is 0 Å². The minimum atomic E-state index is -0.962. The Morgan fingerprint density at radius 2 is 1.88 bits per heavy atom. The summed E-state index contributed by atoms with van der Waals surface area (Å²) >= 11 is 0. The van der Waals surface area contributed by atoms with E-state index in [1.54, 1.807) is 5.57 Å². The zero-order chi connectivity index (χ0) is 24.8. The van der Waals surface area contributed by atoms with Gasteiger partial charge in [-0.05, 0) is 92.7 Å². The van der Waals surface area contributed by atoms with Crippen molar-refractivity contribution in [3.63, 3.8) is 0 Å². The van der Waals surface area contributed by atoms with Gasteiger partial charge in [-0.3, -0.25) is 0 Å². The molecule has 3 N–H and O–H groups in total. The van der Waals surface area contributed by atoms with Crippen LogP contribution >= 0.6 is 0 Å². The monoisotopic (exact) mass is 452 g/mol. The highest BCUT2D eigenvalue weighted by molar-refractivity contribution is 6.47. The zero-order valence-electron chi connectivity index (χ0n) is 22.4. The molecule has 0 aromatic rings.